The van der Waals surface area contributed by atoms with Gasteiger partial charge in [-0.15, -0.1) is 0 Å². The predicted octanol–water partition coefficient (Wildman–Crippen LogP) is 2.83. The Labute approximate surface area is 107 Å². The third-order valence-electron chi connectivity index (χ3n) is 2.20. The van der Waals surface area contributed by atoms with Gasteiger partial charge in [-0.1, -0.05) is 17.7 Å². The molecule has 6 heteroatoms. The summed E-state index contributed by atoms with van der Waals surface area (Å²) in [4.78, 5) is 15.5. The molecule has 2 N–H and O–H groups in total. The van der Waals surface area contributed by atoms with E-state index < -0.39 is 23.0 Å². The topological polar surface area (TPSA) is 62.2 Å². The van der Waals surface area contributed by atoms with E-state index >= 15 is 0 Å². The molecule has 1 heterocycles. The van der Waals surface area contributed by atoms with E-state index in [0.29, 0.717) is 5.69 Å². The first kappa shape index (κ1) is 12.3. The molecular formula is C12H8ClFN2O2. The second-order valence-corrected chi connectivity index (χ2v) is 3.84. The second kappa shape index (κ2) is 5.01. The molecule has 2 rings (SSSR count). The van der Waals surface area contributed by atoms with Gasteiger partial charge < -0.3 is 10.4 Å². The fourth-order valence-corrected chi connectivity index (χ4v) is 1.59. The van der Waals surface area contributed by atoms with Gasteiger partial charge >= 0.3 is 0 Å². The van der Waals surface area contributed by atoms with Crippen LogP contribution in [0.3, 0.4) is 0 Å². The number of nitrogens with one attached hydrogen (secondary N) is 1. The molecule has 0 aliphatic heterocycles. The van der Waals surface area contributed by atoms with E-state index in [1.807, 2.05) is 0 Å². The van der Waals surface area contributed by atoms with Crippen molar-refractivity contribution in [3.8, 4) is 5.75 Å². The summed E-state index contributed by atoms with van der Waals surface area (Å²) < 4.78 is 13.4. The highest BCUT2D eigenvalue weighted by Gasteiger charge is 2.16. The van der Waals surface area contributed by atoms with Crippen LogP contribution in [0.5, 0.6) is 5.75 Å². The van der Waals surface area contributed by atoms with Gasteiger partial charge in [0.25, 0.3) is 5.91 Å². The van der Waals surface area contributed by atoms with Crippen molar-refractivity contribution >= 4 is 23.2 Å². The van der Waals surface area contributed by atoms with Crippen LogP contribution in [0.1, 0.15) is 10.4 Å². The van der Waals surface area contributed by atoms with Gasteiger partial charge in [0, 0.05) is 11.9 Å². The number of hydrogen-bond acceptors (Lipinski definition) is 3. The summed E-state index contributed by atoms with van der Waals surface area (Å²) in [5.74, 6) is -1.98. The molecule has 1 aromatic carbocycles. The second-order valence-electron chi connectivity index (χ2n) is 3.46. The van der Waals surface area contributed by atoms with Crippen molar-refractivity contribution in [2.24, 2.45) is 0 Å². The number of aromatic nitrogens is 1. The Morgan fingerprint density at radius 2 is 2.17 bits per heavy atom. The van der Waals surface area contributed by atoms with Gasteiger partial charge in [-0.25, -0.2) is 9.37 Å². The van der Waals surface area contributed by atoms with Crippen molar-refractivity contribution in [3.63, 3.8) is 0 Å². The van der Waals surface area contributed by atoms with E-state index in [4.69, 9.17) is 11.6 Å². The van der Waals surface area contributed by atoms with Gasteiger partial charge in [0.05, 0.1) is 0 Å². The zero-order valence-corrected chi connectivity index (χ0v) is 9.78. The molecule has 92 valence electrons. The zero-order valence-electron chi connectivity index (χ0n) is 9.02. The van der Waals surface area contributed by atoms with Crippen LogP contribution in [-0.2, 0) is 0 Å². The summed E-state index contributed by atoms with van der Waals surface area (Å²) in [6.07, 6.45) is 1.40. The van der Waals surface area contributed by atoms with Crippen LogP contribution in [0.2, 0.25) is 5.15 Å². The lowest BCUT2D eigenvalue weighted by Gasteiger charge is -2.07. The average Bonchev–Trinajstić information content (AvgIpc) is 2.28. The van der Waals surface area contributed by atoms with E-state index in [1.165, 1.54) is 30.5 Å². The highest BCUT2D eigenvalue weighted by atomic mass is 35.5. The van der Waals surface area contributed by atoms with Crippen LogP contribution in [0.15, 0.2) is 36.5 Å². The fraction of sp³-hybridized carbons (Fsp3) is 0. The van der Waals surface area contributed by atoms with E-state index in [9.17, 15) is 14.3 Å². The molecule has 1 amide bonds. The zero-order chi connectivity index (χ0) is 13.1. The number of phenolic OH excluding ortho intramolecular Hbond substituents is 1. The highest BCUT2D eigenvalue weighted by molar-refractivity contribution is 6.29. The van der Waals surface area contributed by atoms with Crippen molar-refractivity contribution in [1.29, 1.82) is 0 Å². The molecule has 0 aliphatic rings. The molecule has 0 saturated carbocycles. The predicted molar refractivity (Wildman–Crippen MR) is 65.3 cm³/mol. The molecule has 0 atom stereocenters. The Morgan fingerprint density at radius 1 is 1.39 bits per heavy atom. The van der Waals surface area contributed by atoms with Crippen LogP contribution in [0.4, 0.5) is 10.1 Å². The molecule has 0 fully saturated rings. The Kier molecular flexibility index (Phi) is 3.43. The largest absolute Gasteiger partial charge is 0.507 e. The minimum atomic E-state index is -0.798. The maximum absolute atomic E-state index is 13.4. The number of hydrogen-bond donors (Lipinski definition) is 2. The lowest BCUT2D eigenvalue weighted by molar-refractivity contribution is 0.102. The van der Waals surface area contributed by atoms with Crippen molar-refractivity contribution in [3.05, 3.63) is 53.1 Å². The van der Waals surface area contributed by atoms with Gasteiger partial charge in [-0.2, -0.15) is 0 Å². The Hall–Kier alpha value is -2.14. The maximum Gasteiger partial charge on any atom is 0.262 e. The number of carbonyl (C=O) groups is 1. The van der Waals surface area contributed by atoms with E-state index in [1.54, 1.807) is 0 Å². The lowest BCUT2D eigenvalue weighted by atomic mass is 10.1. The summed E-state index contributed by atoms with van der Waals surface area (Å²) in [5, 5.41) is 12.1. The lowest BCUT2D eigenvalue weighted by Crippen LogP contribution is -2.14. The molecule has 0 aliphatic carbocycles. The number of phenols is 1. The number of carbonyl (C=O) groups excluding carboxylic acids is 1. The fourth-order valence-electron chi connectivity index (χ4n) is 1.41. The number of rotatable bonds is 2. The standard InChI is InChI=1S/C12H8ClFN2O2/c13-10-6-7(4-5-15-10)16-12(18)11-8(14)2-1-3-9(11)17/h1-6,17H,(H,15,16,18). The first-order valence-corrected chi connectivity index (χ1v) is 5.36. The minimum Gasteiger partial charge on any atom is -0.507 e. The molecule has 2 aromatic rings. The number of benzene rings is 1. The SMILES string of the molecule is O=C(Nc1ccnc(Cl)c1)c1c(O)cccc1F. The monoisotopic (exact) mass is 266 g/mol. The molecule has 4 nitrogen and oxygen atoms in total. The normalized spacial score (nSPS) is 10.1. The van der Waals surface area contributed by atoms with Crippen LogP contribution in [0, 0.1) is 5.82 Å². The summed E-state index contributed by atoms with van der Waals surface area (Å²) in [6.45, 7) is 0. The van der Waals surface area contributed by atoms with Crippen molar-refractivity contribution in [2.45, 2.75) is 0 Å². The highest BCUT2D eigenvalue weighted by Crippen LogP contribution is 2.21. The number of aromatic hydroxyl groups is 1. The van der Waals surface area contributed by atoms with Crippen molar-refractivity contribution < 1.29 is 14.3 Å². The first-order chi connectivity index (χ1) is 8.58. The molecule has 0 bridgehead atoms. The molecule has 0 radical (unpaired) electrons. The smallest absolute Gasteiger partial charge is 0.262 e. The third-order valence-corrected chi connectivity index (χ3v) is 2.41. The van der Waals surface area contributed by atoms with E-state index in [0.717, 1.165) is 6.07 Å². The Bertz CT molecular complexity index is 584. The molecule has 0 saturated heterocycles. The number of nitrogens with zero attached hydrogens (tertiary/aromatic N) is 1. The van der Waals surface area contributed by atoms with Crippen LogP contribution in [-0.4, -0.2) is 16.0 Å². The van der Waals surface area contributed by atoms with Gasteiger partial charge in [0.1, 0.15) is 22.3 Å². The first-order valence-electron chi connectivity index (χ1n) is 4.98. The summed E-state index contributed by atoms with van der Waals surface area (Å²) >= 11 is 5.65. The summed E-state index contributed by atoms with van der Waals surface area (Å²) in [7, 11) is 0. The Balaban J connectivity index is 2.28. The quantitative estimate of drug-likeness (QED) is 0.822. The third kappa shape index (κ3) is 2.57. The van der Waals surface area contributed by atoms with Gasteiger partial charge in [0.2, 0.25) is 0 Å². The van der Waals surface area contributed by atoms with Crippen molar-refractivity contribution in [1.82, 2.24) is 4.98 Å². The molecule has 0 spiro atoms. The molecule has 18 heavy (non-hydrogen) atoms. The number of halogens is 2. The summed E-state index contributed by atoms with van der Waals surface area (Å²) in [6, 6.07) is 6.55. The minimum absolute atomic E-state index is 0.200. The average molecular weight is 267 g/mol. The van der Waals surface area contributed by atoms with Gasteiger partial charge in [0.15, 0.2) is 0 Å². The Morgan fingerprint density at radius 3 is 2.83 bits per heavy atom. The molecule has 0 unspecified atom stereocenters. The van der Waals surface area contributed by atoms with Crippen LogP contribution >= 0.6 is 11.6 Å². The maximum atomic E-state index is 13.4. The van der Waals surface area contributed by atoms with E-state index in [-0.39, 0.29) is 5.15 Å². The molecule has 1 aromatic heterocycles. The number of amides is 1. The van der Waals surface area contributed by atoms with Gasteiger partial charge in [-0.05, 0) is 24.3 Å². The molecular weight excluding hydrogens is 259 g/mol. The van der Waals surface area contributed by atoms with Gasteiger partial charge in [-0.3, -0.25) is 4.79 Å². The summed E-state index contributed by atoms with van der Waals surface area (Å²) in [5.41, 5.74) is -0.0481. The number of pyridine rings is 1. The van der Waals surface area contributed by atoms with Crippen molar-refractivity contribution in [2.75, 3.05) is 5.32 Å². The van der Waals surface area contributed by atoms with Crippen LogP contribution < -0.4 is 5.32 Å². The van der Waals surface area contributed by atoms with Crippen LogP contribution in [0.25, 0.3) is 0 Å². The van der Waals surface area contributed by atoms with E-state index in [2.05, 4.69) is 10.3 Å². The number of anilines is 1.